The summed E-state index contributed by atoms with van der Waals surface area (Å²) in [6.07, 6.45) is 1.44. The third kappa shape index (κ3) is 3.88. The molecule has 0 aliphatic carbocycles. The van der Waals surface area contributed by atoms with Crippen molar-refractivity contribution in [3.63, 3.8) is 0 Å². The third-order valence-corrected chi connectivity index (χ3v) is 4.27. The summed E-state index contributed by atoms with van der Waals surface area (Å²) >= 11 is 0. The largest absolute Gasteiger partial charge is 0.493 e. The molecule has 0 aliphatic rings. The van der Waals surface area contributed by atoms with Crippen molar-refractivity contribution in [2.75, 3.05) is 20.8 Å². The van der Waals surface area contributed by atoms with Gasteiger partial charge in [0.25, 0.3) is 0 Å². The minimum Gasteiger partial charge on any atom is -0.493 e. The lowest BCUT2D eigenvalue weighted by atomic mass is 10.1. The lowest BCUT2D eigenvalue weighted by Gasteiger charge is -2.09. The highest BCUT2D eigenvalue weighted by molar-refractivity contribution is 6.00. The van der Waals surface area contributed by atoms with Gasteiger partial charge in [0.15, 0.2) is 23.9 Å². The summed E-state index contributed by atoms with van der Waals surface area (Å²) in [6, 6.07) is 14.2. The second-order valence-electron chi connectivity index (χ2n) is 5.96. The van der Waals surface area contributed by atoms with Crippen LogP contribution in [0.2, 0.25) is 0 Å². The van der Waals surface area contributed by atoms with Crippen molar-refractivity contribution >= 4 is 11.8 Å². The quantitative estimate of drug-likeness (QED) is 0.462. The zero-order valence-electron chi connectivity index (χ0n) is 15.8. The topological polar surface area (TPSA) is 79.7 Å². The molecule has 0 saturated heterocycles. The fourth-order valence-corrected chi connectivity index (χ4v) is 2.74. The van der Waals surface area contributed by atoms with Crippen LogP contribution in [-0.4, -0.2) is 42.4 Å². The smallest absolute Gasteiger partial charge is 0.342 e. The van der Waals surface area contributed by atoms with Crippen molar-refractivity contribution < 1.29 is 23.8 Å². The van der Waals surface area contributed by atoms with Gasteiger partial charge >= 0.3 is 5.97 Å². The predicted molar refractivity (Wildman–Crippen MR) is 102 cm³/mol. The standard InChI is InChI=1S/C21H20N2O5/c1-14-17(12-22-23(14)16-7-5-4-6-8-16)21(25)28-13-18(24)15-9-10-19(26-2)20(11-15)27-3/h4-12H,13H2,1-3H3. The van der Waals surface area contributed by atoms with Crippen molar-refractivity contribution in [1.82, 2.24) is 9.78 Å². The van der Waals surface area contributed by atoms with Gasteiger partial charge in [0.05, 0.1) is 31.8 Å². The monoisotopic (exact) mass is 380 g/mol. The van der Waals surface area contributed by atoms with Gasteiger partial charge in [0.2, 0.25) is 0 Å². The van der Waals surface area contributed by atoms with E-state index >= 15 is 0 Å². The summed E-state index contributed by atoms with van der Waals surface area (Å²) in [7, 11) is 3.00. The van der Waals surface area contributed by atoms with Gasteiger partial charge in [-0.3, -0.25) is 4.79 Å². The summed E-state index contributed by atoms with van der Waals surface area (Å²) in [5, 5.41) is 4.23. The Bertz CT molecular complexity index is 995. The second-order valence-corrected chi connectivity index (χ2v) is 5.96. The van der Waals surface area contributed by atoms with Crippen LogP contribution in [0, 0.1) is 6.92 Å². The average Bonchev–Trinajstić information content (AvgIpc) is 3.13. The van der Waals surface area contributed by atoms with Crippen LogP contribution in [0.3, 0.4) is 0 Å². The fraction of sp³-hybridized carbons (Fsp3) is 0.190. The number of hydrogen-bond acceptors (Lipinski definition) is 6. The van der Waals surface area contributed by atoms with Crippen molar-refractivity contribution in [3.8, 4) is 17.2 Å². The molecule has 0 amide bonds. The number of carbonyl (C=O) groups excluding carboxylic acids is 2. The first-order chi connectivity index (χ1) is 13.5. The molecule has 7 nitrogen and oxygen atoms in total. The molecule has 3 aromatic rings. The molecule has 0 fully saturated rings. The van der Waals surface area contributed by atoms with Crippen LogP contribution in [0.5, 0.6) is 11.5 Å². The number of benzene rings is 2. The van der Waals surface area contributed by atoms with Gasteiger partial charge in [-0.15, -0.1) is 0 Å². The van der Waals surface area contributed by atoms with E-state index < -0.39 is 5.97 Å². The number of ether oxygens (including phenoxy) is 3. The average molecular weight is 380 g/mol. The van der Waals surface area contributed by atoms with Gasteiger partial charge in [-0.25, -0.2) is 9.48 Å². The van der Waals surface area contributed by atoms with Gasteiger partial charge < -0.3 is 14.2 Å². The molecule has 2 aromatic carbocycles. The van der Waals surface area contributed by atoms with Crippen LogP contribution in [-0.2, 0) is 4.74 Å². The molecule has 0 unspecified atom stereocenters. The molecule has 0 spiro atoms. The first-order valence-corrected chi connectivity index (χ1v) is 8.57. The van der Waals surface area contributed by atoms with Crippen LogP contribution in [0.1, 0.15) is 26.4 Å². The summed E-state index contributed by atoms with van der Waals surface area (Å²) in [5.41, 5.74) is 2.14. The molecular formula is C21H20N2O5. The number of para-hydroxylation sites is 1. The predicted octanol–water partition coefficient (Wildman–Crippen LogP) is 3.24. The number of Topliss-reactive ketones (excluding diaryl/α,β-unsaturated/α-hetero) is 1. The zero-order valence-corrected chi connectivity index (χ0v) is 15.8. The van der Waals surface area contributed by atoms with E-state index in [-0.39, 0.29) is 12.4 Å². The van der Waals surface area contributed by atoms with E-state index in [2.05, 4.69) is 5.10 Å². The molecular weight excluding hydrogens is 360 g/mol. The number of carbonyl (C=O) groups is 2. The number of esters is 1. The lowest BCUT2D eigenvalue weighted by Crippen LogP contribution is -2.15. The highest BCUT2D eigenvalue weighted by atomic mass is 16.5. The number of nitrogens with zero attached hydrogens (tertiary/aromatic N) is 2. The number of rotatable bonds is 7. The highest BCUT2D eigenvalue weighted by Gasteiger charge is 2.19. The van der Waals surface area contributed by atoms with Crippen molar-refractivity contribution in [3.05, 3.63) is 71.5 Å². The van der Waals surface area contributed by atoms with Crippen molar-refractivity contribution in [1.29, 1.82) is 0 Å². The lowest BCUT2D eigenvalue weighted by molar-refractivity contribution is 0.0474. The Balaban J connectivity index is 1.69. The van der Waals surface area contributed by atoms with Crippen LogP contribution in [0.25, 0.3) is 5.69 Å². The Morgan fingerprint density at radius 2 is 1.71 bits per heavy atom. The Hall–Kier alpha value is -3.61. The molecule has 0 bridgehead atoms. The van der Waals surface area contributed by atoms with E-state index in [1.54, 1.807) is 29.8 Å². The van der Waals surface area contributed by atoms with Crippen LogP contribution in [0.4, 0.5) is 0 Å². The summed E-state index contributed by atoms with van der Waals surface area (Å²) in [4.78, 5) is 24.8. The Morgan fingerprint density at radius 3 is 2.39 bits per heavy atom. The first-order valence-electron chi connectivity index (χ1n) is 8.57. The maximum Gasteiger partial charge on any atom is 0.342 e. The molecule has 144 valence electrons. The summed E-state index contributed by atoms with van der Waals surface area (Å²) in [5.74, 6) is -0.00410. The van der Waals surface area contributed by atoms with Gasteiger partial charge in [0, 0.05) is 5.56 Å². The Kier molecular flexibility index (Phi) is 5.74. The van der Waals surface area contributed by atoms with Gasteiger partial charge in [-0.2, -0.15) is 5.10 Å². The molecule has 0 radical (unpaired) electrons. The molecule has 0 aliphatic heterocycles. The van der Waals surface area contributed by atoms with Crippen LogP contribution < -0.4 is 9.47 Å². The van der Waals surface area contributed by atoms with Crippen LogP contribution >= 0.6 is 0 Å². The molecule has 0 N–H and O–H groups in total. The SMILES string of the molecule is COc1ccc(C(=O)COC(=O)c2cnn(-c3ccccc3)c2C)cc1OC. The fourth-order valence-electron chi connectivity index (χ4n) is 2.74. The molecule has 0 atom stereocenters. The number of aromatic nitrogens is 2. The minimum atomic E-state index is -0.603. The third-order valence-electron chi connectivity index (χ3n) is 4.27. The number of methoxy groups -OCH3 is 2. The Morgan fingerprint density at radius 1 is 1.00 bits per heavy atom. The van der Waals surface area contributed by atoms with E-state index in [4.69, 9.17) is 14.2 Å². The first kappa shape index (κ1) is 19.2. The highest BCUT2D eigenvalue weighted by Crippen LogP contribution is 2.27. The van der Waals surface area contributed by atoms with E-state index in [9.17, 15) is 9.59 Å². The normalized spacial score (nSPS) is 10.4. The molecule has 28 heavy (non-hydrogen) atoms. The summed E-state index contributed by atoms with van der Waals surface area (Å²) < 4.78 is 17.2. The van der Waals surface area contributed by atoms with Gasteiger partial charge in [-0.1, -0.05) is 18.2 Å². The summed E-state index contributed by atoms with van der Waals surface area (Å²) in [6.45, 7) is 1.39. The van der Waals surface area contributed by atoms with E-state index in [1.165, 1.54) is 20.4 Å². The maximum absolute atomic E-state index is 12.4. The molecule has 1 heterocycles. The Labute approximate surface area is 162 Å². The van der Waals surface area contributed by atoms with Gasteiger partial charge in [0.1, 0.15) is 5.56 Å². The maximum atomic E-state index is 12.4. The zero-order chi connectivity index (χ0) is 20.1. The molecule has 7 heteroatoms. The van der Waals surface area contributed by atoms with E-state index in [0.29, 0.717) is 28.3 Å². The van der Waals surface area contributed by atoms with E-state index in [0.717, 1.165) is 5.69 Å². The number of ketones is 1. The molecule has 1 aromatic heterocycles. The van der Waals surface area contributed by atoms with Crippen molar-refractivity contribution in [2.45, 2.75) is 6.92 Å². The number of hydrogen-bond donors (Lipinski definition) is 0. The van der Waals surface area contributed by atoms with E-state index in [1.807, 2.05) is 30.3 Å². The van der Waals surface area contributed by atoms with Gasteiger partial charge in [-0.05, 0) is 37.3 Å². The molecule has 3 rings (SSSR count). The van der Waals surface area contributed by atoms with Crippen LogP contribution in [0.15, 0.2) is 54.7 Å². The second kappa shape index (κ2) is 8.39. The van der Waals surface area contributed by atoms with Crippen molar-refractivity contribution in [2.24, 2.45) is 0 Å². The minimum absolute atomic E-state index is 0.309. The molecule has 0 saturated carbocycles.